The maximum Gasteiger partial charge on any atom is 0.220 e. The van der Waals surface area contributed by atoms with E-state index < -0.39 is 0 Å². The fraction of sp³-hybridized carbons (Fsp3) is 0.588. The second-order valence-corrected chi connectivity index (χ2v) is 6.27. The van der Waals surface area contributed by atoms with Gasteiger partial charge in [-0.2, -0.15) is 0 Å². The maximum absolute atomic E-state index is 12.0. The first kappa shape index (κ1) is 15.4. The molecule has 0 aromatic heterocycles. The molecule has 110 valence electrons. The molecule has 1 amide bonds. The van der Waals surface area contributed by atoms with E-state index in [2.05, 4.69) is 5.32 Å². The normalized spacial score (nSPS) is 18.2. The molecule has 2 nitrogen and oxygen atoms in total. The van der Waals surface area contributed by atoms with Crippen LogP contribution >= 0.6 is 11.6 Å². The highest BCUT2D eigenvalue weighted by Crippen LogP contribution is 2.25. The summed E-state index contributed by atoms with van der Waals surface area (Å²) >= 11 is 6.30. The summed E-state index contributed by atoms with van der Waals surface area (Å²) < 4.78 is 0. The molecule has 0 bridgehead atoms. The van der Waals surface area contributed by atoms with Crippen molar-refractivity contribution in [3.8, 4) is 0 Å². The molecule has 20 heavy (non-hydrogen) atoms. The zero-order valence-corrected chi connectivity index (χ0v) is 12.7. The summed E-state index contributed by atoms with van der Waals surface area (Å²) in [7, 11) is 0. The first-order chi connectivity index (χ1) is 9.75. The Morgan fingerprint density at radius 2 is 1.80 bits per heavy atom. The molecule has 1 N–H and O–H groups in total. The molecule has 1 aromatic rings. The van der Waals surface area contributed by atoms with Gasteiger partial charge in [0.05, 0.1) is 5.38 Å². The second-order valence-electron chi connectivity index (χ2n) is 5.74. The lowest BCUT2D eigenvalue weighted by molar-refractivity contribution is -0.122. The second kappa shape index (κ2) is 8.31. The molecular weight excluding hydrogens is 270 g/mol. The van der Waals surface area contributed by atoms with Gasteiger partial charge in [0.15, 0.2) is 0 Å². The average Bonchev–Trinajstić information content (AvgIpc) is 2.74. The van der Waals surface area contributed by atoms with Crippen LogP contribution in [0.1, 0.15) is 55.9 Å². The molecule has 0 saturated heterocycles. The third kappa shape index (κ3) is 5.16. The molecule has 0 aliphatic heterocycles. The van der Waals surface area contributed by atoms with Crippen molar-refractivity contribution < 1.29 is 4.79 Å². The zero-order chi connectivity index (χ0) is 14.2. The highest BCUT2D eigenvalue weighted by molar-refractivity contribution is 6.21. The lowest BCUT2D eigenvalue weighted by Gasteiger charge is -2.15. The number of carbonyl (C=O) groups excluding carboxylic acids is 1. The molecule has 1 aliphatic rings. The number of rotatable bonds is 5. The molecule has 3 heteroatoms. The molecule has 1 saturated carbocycles. The highest BCUT2D eigenvalue weighted by atomic mass is 35.5. The Morgan fingerprint density at radius 3 is 2.45 bits per heavy atom. The van der Waals surface area contributed by atoms with Crippen molar-refractivity contribution in [1.82, 2.24) is 5.32 Å². The van der Waals surface area contributed by atoms with Gasteiger partial charge in [-0.15, -0.1) is 11.6 Å². The van der Waals surface area contributed by atoms with Gasteiger partial charge in [0.25, 0.3) is 0 Å². The van der Waals surface area contributed by atoms with E-state index in [1.54, 1.807) is 0 Å². The minimum absolute atomic E-state index is 0.144. The minimum Gasteiger partial charge on any atom is -0.354 e. The van der Waals surface area contributed by atoms with Crippen LogP contribution in [0.5, 0.6) is 0 Å². The van der Waals surface area contributed by atoms with Gasteiger partial charge >= 0.3 is 0 Å². The topological polar surface area (TPSA) is 29.1 Å². The van der Waals surface area contributed by atoms with Gasteiger partial charge in [-0.1, -0.05) is 56.0 Å². The van der Waals surface area contributed by atoms with E-state index in [0.717, 1.165) is 5.56 Å². The summed E-state index contributed by atoms with van der Waals surface area (Å²) in [5.41, 5.74) is 1.06. The van der Waals surface area contributed by atoms with E-state index in [-0.39, 0.29) is 11.3 Å². The van der Waals surface area contributed by atoms with Crippen LogP contribution in [0.3, 0.4) is 0 Å². The van der Waals surface area contributed by atoms with E-state index in [4.69, 9.17) is 11.6 Å². The minimum atomic E-state index is -0.144. The summed E-state index contributed by atoms with van der Waals surface area (Å²) in [6.07, 6.45) is 8.29. The van der Waals surface area contributed by atoms with Crippen LogP contribution < -0.4 is 5.32 Å². The Hall–Kier alpha value is -1.02. The first-order valence-electron chi connectivity index (χ1n) is 7.71. The van der Waals surface area contributed by atoms with E-state index in [1.807, 2.05) is 30.3 Å². The number of amides is 1. The molecule has 2 rings (SSSR count). The summed E-state index contributed by atoms with van der Waals surface area (Å²) in [5.74, 6) is 0.724. The van der Waals surface area contributed by atoms with E-state index in [9.17, 15) is 4.79 Å². The van der Waals surface area contributed by atoms with Crippen LogP contribution in [0.4, 0.5) is 0 Å². The predicted molar refractivity (Wildman–Crippen MR) is 83.9 cm³/mol. The average molecular weight is 294 g/mol. The third-order valence-electron chi connectivity index (χ3n) is 4.09. The van der Waals surface area contributed by atoms with Gasteiger partial charge in [-0.25, -0.2) is 0 Å². The van der Waals surface area contributed by atoms with Crippen LogP contribution in [0, 0.1) is 5.92 Å². The molecule has 0 radical (unpaired) electrons. The predicted octanol–water partition coefficient (Wildman–Crippen LogP) is 4.44. The fourth-order valence-corrected chi connectivity index (χ4v) is 3.11. The molecule has 1 atom stereocenters. The highest BCUT2D eigenvalue weighted by Gasteiger charge is 2.16. The lowest BCUT2D eigenvalue weighted by Crippen LogP contribution is -2.28. The Balaban J connectivity index is 1.71. The number of carbonyl (C=O) groups is 1. The van der Waals surface area contributed by atoms with Crippen LogP contribution in [0.25, 0.3) is 0 Å². The molecule has 0 heterocycles. The van der Waals surface area contributed by atoms with E-state index in [1.165, 1.54) is 38.5 Å². The largest absolute Gasteiger partial charge is 0.354 e. The summed E-state index contributed by atoms with van der Waals surface area (Å²) in [6.45, 7) is 0.511. The van der Waals surface area contributed by atoms with Crippen molar-refractivity contribution in [2.45, 2.75) is 50.3 Å². The van der Waals surface area contributed by atoms with Gasteiger partial charge in [0.2, 0.25) is 5.91 Å². The Kier molecular flexibility index (Phi) is 6.38. The van der Waals surface area contributed by atoms with Crippen LogP contribution in [0.15, 0.2) is 30.3 Å². The van der Waals surface area contributed by atoms with Crippen molar-refractivity contribution in [2.75, 3.05) is 6.54 Å². The number of hydrogen-bond acceptors (Lipinski definition) is 1. The number of halogens is 1. The molecule has 1 unspecified atom stereocenters. The van der Waals surface area contributed by atoms with Crippen molar-refractivity contribution in [3.63, 3.8) is 0 Å². The smallest absolute Gasteiger partial charge is 0.220 e. The molecule has 1 fully saturated rings. The summed E-state index contributed by atoms with van der Waals surface area (Å²) in [6, 6.07) is 9.90. The molecule has 1 aromatic carbocycles. The number of alkyl halides is 1. The van der Waals surface area contributed by atoms with Crippen LogP contribution in [-0.4, -0.2) is 12.5 Å². The quantitative estimate of drug-likeness (QED) is 0.631. The van der Waals surface area contributed by atoms with Crippen LogP contribution in [-0.2, 0) is 4.79 Å². The standard InChI is InChI=1S/C17H24ClNO/c18-16(15-10-6-3-7-11-15)13-19-17(20)12-14-8-4-1-2-5-9-14/h3,6-7,10-11,14,16H,1-2,4-5,8-9,12-13H2,(H,19,20). The van der Waals surface area contributed by atoms with E-state index >= 15 is 0 Å². The lowest BCUT2D eigenvalue weighted by atomic mass is 9.96. The fourth-order valence-electron chi connectivity index (χ4n) is 2.89. The zero-order valence-electron chi connectivity index (χ0n) is 12.0. The van der Waals surface area contributed by atoms with Crippen molar-refractivity contribution in [1.29, 1.82) is 0 Å². The van der Waals surface area contributed by atoms with Gasteiger partial charge in [-0.05, 0) is 24.3 Å². The van der Waals surface area contributed by atoms with Crippen molar-refractivity contribution >= 4 is 17.5 Å². The monoisotopic (exact) mass is 293 g/mol. The Labute approximate surface area is 126 Å². The maximum atomic E-state index is 12.0. The van der Waals surface area contributed by atoms with Crippen LogP contribution in [0.2, 0.25) is 0 Å². The van der Waals surface area contributed by atoms with E-state index in [0.29, 0.717) is 18.9 Å². The molecule has 0 spiro atoms. The number of hydrogen-bond donors (Lipinski definition) is 1. The summed E-state index contributed by atoms with van der Waals surface area (Å²) in [4.78, 5) is 12.0. The molecular formula is C17H24ClNO. The van der Waals surface area contributed by atoms with Gasteiger partial charge in [0, 0.05) is 13.0 Å². The van der Waals surface area contributed by atoms with Crippen molar-refractivity contribution in [3.05, 3.63) is 35.9 Å². The molecule has 1 aliphatic carbocycles. The number of nitrogens with one attached hydrogen (secondary N) is 1. The van der Waals surface area contributed by atoms with Crippen molar-refractivity contribution in [2.24, 2.45) is 5.92 Å². The Bertz CT molecular complexity index is 399. The van der Waals surface area contributed by atoms with Gasteiger partial charge in [0.1, 0.15) is 0 Å². The third-order valence-corrected chi connectivity index (χ3v) is 4.49. The van der Waals surface area contributed by atoms with Gasteiger partial charge in [-0.3, -0.25) is 4.79 Å². The van der Waals surface area contributed by atoms with Gasteiger partial charge < -0.3 is 5.32 Å². The SMILES string of the molecule is O=C(CC1CCCCCC1)NCC(Cl)c1ccccc1. The first-order valence-corrected chi connectivity index (χ1v) is 8.15. The summed E-state index contributed by atoms with van der Waals surface area (Å²) in [5, 5.41) is 2.83. The Morgan fingerprint density at radius 1 is 1.15 bits per heavy atom. The number of benzene rings is 1.